The molecule has 0 saturated carbocycles. The van der Waals surface area contributed by atoms with Gasteiger partial charge >= 0.3 is 0 Å². The summed E-state index contributed by atoms with van der Waals surface area (Å²) in [6, 6.07) is 5.17. The largest absolute Gasteiger partial charge is 0.329 e. The highest BCUT2D eigenvalue weighted by molar-refractivity contribution is 9.10. The molecule has 27 heavy (non-hydrogen) atoms. The van der Waals surface area contributed by atoms with Crippen LogP contribution in [0.1, 0.15) is 10.5 Å². The summed E-state index contributed by atoms with van der Waals surface area (Å²) in [7, 11) is 0. The Hall–Kier alpha value is -2.18. The first-order valence-electron chi connectivity index (χ1n) is 7.05. The van der Waals surface area contributed by atoms with Gasteiger partial charge in [-0.3, -0.25) is 4.79 Å². The monoisotopic (exact) mass is 487 g/mol. The van der Waals surface area contributed by atoms with Crippen LogP contribution in [0.3, 0.4) is 0 Å². The third-order valence-electron chi connectivity index (χ3n) is 3.29. The van der Waals surface area contributed by atoms with E-state index in [1.54, 1.807) is 0 Å². The van der Waals surface area contributed by atoms with Gasteiger partial charge in [-0.05, 0) is 34.1 Å². The molecule has 3 rings (SSSR count). The smallest absolute Gasteiger partial charge is 0.273 e. The van der Waals surface area contributed by atoms with Gasteiger partial charge in [0.15, 0.2) is 11.6 Å². The molecule has 3 aromatic rings. The van der Waals surface area contributed by atoms with Gasteiger partial charge in [0, 0.05) is 17.3 Å². The maximum atomic E-state index is 14.2. The van der Waals surface area contributed by atoms with E-state index in [2.05, 4.69) is 36.2 Å². The van der Waals surface area contributed by atoms with Gasteiger partial charge in [-0.15, -0.1) is 0 Å². The number of halogens is 5. The lowest BCUT2D eigenvalue weighted by molar-refractivity contribution is 0.101. The third kappa shape index (κ3) is 4.06. The lowest BCUT2D eigenvalue weighted by Crippen LogP contribution is -2.18. The molecule has 0 aliphatic rings. The predicted molar refractivity (Wildman–Crippen MR) is 105 cm³/mol. The number of benzene rings is 1. The van der Waals surface area contributed by atoms with Crippen LogP contribution in [-0.2, 0) is 0 Å². The van der Waals surface area contributed by atoms with Crippen LogP contribution in [0.15, 0.2) is 35.1 Å². The summed E-state index contributed by atoms with van der Waals surface area (Å²) in [6.07, 6.45) is 1.23. The highest BCUT2D eigenvalue weighted by Crippen LogP contribution is 2.36. The fourth-order valence-corrected chi connectivity index (χ4v) is 3.24. The van der Waals surface area contributed by atoms with Crippen molar-refractivity contribution in [3.63, 3.8) is 0 Å². The maximum absolute atomic E-state index is 14.2. The van der Waals surface area contributed by atoms with E-state index in [0.717, 1.165) is 10.7 Å². The molecule has 0 radical (unpaired) electrons. The zero-order valence-electron chi connectivity index (χ0n) is 13.0. The van der Waals surface area contributed by atoms with Crippen LogP contribution >= 0.6 is 50.7 Å². The Kier molecular flexibility index (Phi) is 5.67. The highest BCUT2D eigenvalue weighted by atomic mass is 79.9. The normalized spacial score (nSPS) is 10.5. The lowest BCUT2D eigenvalue weighted by atomic mass is 10.2. The Morgan fingerprint density at radius 2 is 1.96 bits per heavy atom. The zero-order valence-corrected chi connectivity index (χ0v) is 16.8. The van der Waals surface area contributed by atoms with E-state index >= 15 is 0 Å². The SMILES string of the molecule is [C-]#[N+]c1cc(Cl)cc(Cl)c1NC(=O)c1cc(Br)nn1-c1ncc(Cl)cc1F. The molecule has 0 aliphatic carbocycles. The van der Waals surface area contributed by atoms with E-state index in [1.807, 2.05) is 0 Å². The molecule has 2 aromatic heterocycles. The van der Waals surface area contributed by atoms with E-state index in [4.69, 9.17) is 41.4 Å². The molecule has 136 valence electrons. The fourth-order valence-electron chi connectivity index (χ4n) is 2.19. The topological polar surface area (TPSA) is 64.2 Å². The molecule has 0 bridgehead atoms. The molecule has 0 atom stereocenters. The number of hydrogen-bond acceptors (Lipinski definition) is 3. The molecule has 0 fully saturated rings. The van der Waals surface area contributed by atoms with Gasteiger partial charge in [0.05, 0.1) is 22.3 Å². The van der Waals surface area contributed by atoms with Crippen molar-refractivity contribution in [1.82, 2.24) is 14.8 Å². The van der Waals surface area contributed by atoms with Crippen LogP contribution in [0.25, 0.3) is 10.7 Å². The van der Waals surface area contributed by atoms with Gasteiger partial charge in [-0.1, -0.05) is 34.8 Å². The Labute approximate surface area is 175 Å². The maximum Gasteiger partial charge on any atom is 0.273 e. The van der Waals surface area contributed by atoms with Crippen molar-refractivity contribution in [3.05, 3.63) is 73.1 Å². The van der Waals surface area contributed by atoms with E-state index < -0.39 is 11.7 Å². The van der Waals surface area contributed by atoms with Gasteiger partial charge in [-0.2, -0.15) is 5.10 Å². The van der Waals surface area contributed by atoms with Gasteiger partial charge < -0.3 is 5.32 Å². The van der Waals surface area contributed by atoms with Crippen molar-refractivity contribution in [3.8, 4) is 5.82 Å². The molecule has 1 amide bonds. The average molecular weight is 490 g/mol. The predicted octanol–water partition coefficient (Wildman–Crippen LogP) is 5.93. The summed E-state index contributed by atoms with van der Waals surface area (Å²) in [5.41, 5.74) is 0.0915. The van der Waals surface area contributed by atoms with Crippen molar-refractivity contribution in [2.45, 2.75) is 0 Å². The first-order chi connectivity index (χ1) is 12.8. The van der Waals surface area contributed by atoms with Crippen LogP contribution in [-0.4, -0.2) is 20.7 Å². The van der Waals surface area contributed by atoms with E-state index in [1.165, 1.54) is 24.4 Å². The molecule has 1 N–H and O–H groups in total. The minimum atomic E-state index is -0.765. The Morgan fingerprint density at radius 3 is 2.63 bits per heavy atom. The average Bonchev–Trinajstić information content (AvgIpc) is 2.98. The molecule has 0 unspecified atom stereocenters. The van der Waals surface area contributed by atoms with Crippen molar-refractivity contribution in [2.24, 2.45) is 0 Å². The minimum Gasteiger partial charge on any atom is -0.329 e. The second-order valence-electron chi connectivity index (χ2n) is 5.07. The minimum absolute atomic E-state index is 0.0439. The number of nitrogens with one attached hydrogen (secondary N) is 1. The summed E-state index contributed by atoms with van der Waals surface area (Å²) in [5.74, 6) is -1.67. The van der Waals surface area contributed by atoms with Crippen LogP contribution in [0.4, 0.5) is 15.8 Å². The number of rotatable bonds is 3. The molecule has 0 saturated heterocycles. The third-order valence-corrected chi connectivity index (χ3v) is 4.40. The molecule has 0 spiro atoms. The molecule has 11 heteroatoms. The summed E-state index contributed by atoms with van der Waals surface area (Å²) >= 11 is 20.8. The summed E-state index contributed by atoms with van der Waals surface area (Å²) in [5, 5.41) is 6.99. The van der Waals surface area contributed by atoms with Crippen molar-refractivity contribution >= 4 is 68.0 Å². The Bertz CT molecular complexity index is 1110. The summed E-state index contributed by atoms with van der Waals surface area (Å²) < 4.78 is 15.5. The number of carbonyl (C=O) groups excluding carboxylic acids is 1. The first-order valence-corrected chi connectivity index (χ1v) is 8.97. The van der Waals surface area contributed by atoms with Crippen molar-refractivity contribution in [2.75, 3.05) is 5.32 Å². The quantitative estimate of drug-likeness (QED) is 0.464. The standard InChI is InChI=1S/C16H6BrCl3FN5O/c1-22-11-4-7(18)2-9(20)14(11)24-16(27)12-5-13(17)25-26(12)15-10(21)3-8(19)6-23-15/h2-6H,(H,24,27). The van der Waals surface area contributed by atoms with Gasteiger partial charge in [0.2, 0.25) is 5.69 Å². The number of nitrogens with zero attached hydrogens (tertiary/aromatic N) is 4. The van der Waals surface area contributed by atoms with Crippen LogP contribution in [0.5, 0.6) is 0 Å². The fraction of sp³-hybridized carbons (Fsp3) is 0. The number of anilines is 1. The van der Waals surface area contributed by atoms with Crippen molar-refractivity contribution in [1.29, 1.82) is 0 Å². The second kappa shape index (κ2) is 7.82. The van der Waals surface area contributed by atoms with Gasteiger partial charge in [-0.25, -0.2) is 18.9 Å². The van der Waals surface area contributed by atoms with E-state index in [0.29, 0.717) is 0 Å². The van der Waals surface area contributed by atoms with Crippen LogP contribution in [0, 0.1) is 12.4 Å². The number of aromatic nitrogens is 3. The molecule has 1 aromatic carbocycles. The summed E-state index contributed by atoms with van der Waals surface area (Å²) in [6.45, 7) is 7.22. The first kappa shape index (κ1) is 19.6. The van der Waals surface area contributed by atoms with Gasteiger partial charge in [0.25, 0.3) is 5.91 Å². The molecule has 0 aliphatic heterocycles. The number of amides is 1. The molecular weight excluding hydrogens is 483 g/mol. The molecule has 6 nitrogen and oxygen atoms in total. The number of hydrogen-bond donors (Lipinski definition) is 1. The van der Waals surface area contributed by atoms with Crippen LogP contribution < -0.4 is 5.32 Å². The van der Waals surface area contributed by atoms with Crippen molar-refractivity contribution < 1.29 is 9.18 Å². The Balaban J connectivity index is 2.04. The van der Waals surface area contributed by atoms with Crippen LogP contribution in [0.2, 0.25) is 15.1 Å². The van der Waals surface area contributed by atoms with Gasteiger partial charge in [0.1, 0.15) is 10.3 Å². The zero-order chi connectivity index (χ0) is 19.7. The second-order valence-corrected chi connectivity index (χ2v) is 7.16. The molecule has 2 heterocycles. The highest BCUT2D eigenvalue weighted by Gasteiger charge is 2.21. The van der Waals surface area contributed by atoms with E-state index in [9.17, 15) is 9.18 Å². The lowest BCUT2D eigenvalue weighted by Gasteiger charge is -2.11. The Morgan fingerprint density at radius 1 is 1.22 bits per heavy atom. The number of carbonyl (C=O) groups is 1. The molecular formula is C16H6BrCl3FN5O. The summed E-state index contributed by atoms with van der Waals surface area (Å²) in [4.78, 5) is 19.9. The number of pyridine rings is 1. The van der Waals surface area contributed by atoms with E-state index in [-0.39, 0.29) is 42.6 Å².